The van der Waals surface area contributed by atoms with Gasteiger partial charge in [-0.1, -0.05) is 55.4 Å². The van der Waals surface area contributed by atoms with E-state index in [9.17, 15) is 34.9 Å². The van der Waals surface area contributed by atoms with Gasteiger partial charge in [0.1, 0.15) is 39.5 Å². The lowest BCUT2D eigenvalue weighted by Crippen LogP contribution is -2.56. The zero-order valence-corrected chi connectivity index (χ0v) is 32.1. The molecule has 6 saturated carbocycles. The molecule has 52 heavy (non-hydrogen) atoms. The number of aromatic hydroxyl groups is 4. The zero-order valence-electron chi connectivity index (χ0n) is 32.1. The van der Waals surface area contributed by atoms with Gasteiger partial charge in [-0.2, -0.15) is 9.68 Å². The van der Waals surface area contributed by atoms with E-state index in [1.807, 2.05) is 27.7 Å². The molecule has 0 saturated heterocycles. The number of rotatable bonds is 14. The van der Waals surface area contributed by atoms with Crippen molar-refractivity contribution in [1.29, 1.82) is 0 Å². The van der Waals surface area contributed by atoms with Gasteiger partial charge in [0.25, 0.3) is 0 Å². The molecule has 2 aromatic carbocycles. The second-order valence-electron chi connectivity index (χ2n) is 18.7. The van der Waals surface area contributed by atoms with Crippen LogP contribution in [-0.2, 0) is 30.1 Å². The van der Waals surface area contributed by atoms with Gasteiger partial charge in [-0.3, -0.25) is 9.59 Å². The van der Waals surface area contributed by atoms with Crippen molar-refractivity contribution in [2.75, 3.05) is 13.2 Å². The third-order valence-electron chi connectivity index (χ3n) is 14.1. The summed E-state index contributed by atoms with van der Waals surface area (Å²) in [5.41, 5.74) is 1.32. The minimum Gasteiger partial charge on any atom is -0.508 e. The number of phenolic OH excluding ortho intramolecular Hbond substituents is 4. The molecule has 10 nitrogen and oxygen atoms in total. The van der Waals surface area contributed by atoms with Crippen molar-refractivity contribution in [2.45, 2.75) is 129 Å². The molecule has 4 N–H and O–H groups in total. The first-order valence-corrected chi connectivity index (χ1v) is 19.1. The summed E-state index contributed by atoms with van der Waals surface area (Å²) >= 11 is 0. The maximum Gasteiger partial charge on any atom is 0.477 e. The number of hydrogen-bond acceptors (Lipinski definition) is 9. The molecule has 6 fully saturated rings. The van der Waals surface area contributed by atoms with E-state index in [-0.39, 0.29) is 99.2 Å². The maximum absolute atomic E-state index is 12.7. The Morgan fingerprint density at radius 1 is 0.654 bits per heavy atom. The summed E-state index contributed by atoms with van der Waals surface area (Å²) in [6, 6.07) is 6.78. The largest absolute Gasteiger partial charge is 0.508 e. The Bertz CT molecular complexity index is 1590. The lowest BCUT2D eigenvalue weighted by Gasteiger charge is -2.59. The summed E-state index contributed by atoms with van der Waals surface area (Å²) in [5, 5.41) is 44.4. The standard InChI is InChI=1S/C42H57NO9/c1-39(2,23-15-33(46)37(34(47)16-23)25-19-31(44)29-21-27(25)41(29,5)6)11-9-13-51-43(50)52-14-10-12-40(3,4)24-17-35(48)38(36(49)18-24)26-20-32(45)30-22-28(26)42(30,7)8/h15-18,25-30H,9-14,19-22H2,1-8H3,(H3-,46,47,48,49)/p+1/t25-,26-,27+,28+,29+,30+/m0/s1. The molecule has 0 aliphatic heterocycles. The fraction of sp³-hybridized carbons (Fsp3) is 0.667. The lowest BCUT2D eigenvalue weighted by atomic mass is 9.44. The Hall–Kier alpha value is -3.82. The van der Waals surface area contributed by atoms with Gasteiger partial charge in [-0.15, -0.1) is 0 Å². The van der Waals surface area contributed by atoms with Gasteiger partial charge in [0.05, 0.1) is 0 Å². The van der Waals surface area contributed by atoms with E-state index in [2.05, 4.69) is 27.7 Å². The topological polar surface area (TPSA) is 154 Å². The van der Waals surface area contributed by atoms with Crippen molar-refractivity contribution in [2.24, 2.45) is 34.5 Å². The fourth-order valence-corrected chi connectivity index (χ4v) is 10.4. The molecule has 0 amide bonds. The smallest absolute Gasteiger partial charge is 0.477 e. The van der Waals surface area contributed by atoms with Gasteiger partial charge in [-0.05, 0) is 107 Å². The Morgan fingerprint density at radius 2 is 0.981 bits per heavy atom. The van der Waals surface area contributed by atoms with E-state index in [1.54, 1.807) is 24.3 Å². The Balaban J connectivity index is 0.949. The SMILES string of the molecule is CC(C)(CCCO[N+](=O)OCCCC(C)(C)c1cc(O)c([C@H]2CC(=O)[C@H]3C[C@H]2C3(C)C)c(O)c1)c1cc(O)c([C@H]2CC(=O)[C@H]3C[C@H]2C3(C)C)c(O)c1. The molecule has 8 rings (SSSR count). The minimum atomic E-state index is -0.439. The molecule has 284 valence electrons. The molecule has 0 spiro atoms. The molecular formula is C42H58NO9+. The van der Waals surface area contributed by atoms with Crippen LogP contribution < -0.4 is 0 Å². The molecule has 6 aliphatic carbocycles. The number of nitrogens with zero attached hydrogens (tertiary/aromatic N) is 1. The van der Waals surface area contributed by atoms with Crippen molar-refractivity contribution in [3.63, 3.8) is 0 Å². The molecule has 4 bridgehead atoms. The van der Waals surface area contributed by atoms with Crippen LogP contribution in [0.15, 0.2) is 24.3 Å². The summed E-state index contributed by atoms with van der Waals surface area (Å²) in [6.07, 6.45) is 4.57. The van der Waals surface area contributed by atoms with Crippen LogP contribution in [0.1, 0.15) is 141 Å². The third-order valence-corrected chi connectivity index (χ3v) is 14.1. The molecule has 6 atom stereocenters. The van der Waals surface area contributed by atoms with Gasteiger partial charge in [0, 0.05) is 47.6 Å². The number of Topliss-reactive ketones (excluding diaryl/α,β-unsaturated/α-hetero) is 2. The lowest BCUT2D eigenvalue weighted by molar-refractivity contribution is -0.981. The third kappa shape index (κ3) is 6.53. The van der Waals surface area contributed by atoms with Crippen molar-refractivity contribution in [3.8, 4) is 23.0 Å². The normalized spacial score (nSPS) is 27.4. The number of carbonyl (C=O) groups excluding carboxylic acids is 2. The first-order chi connectivity index (χ1) is 24.2. The fourth-order valence-electron chi connectivity index (χ4n) is 10.4. The van der Waals surface area contributed by atoms with Crippen LogP contribution in [0, 0.1) is 39.4 Å². The Labute approximate surface area is 307 Å². The van der Waals surface area contributed by atoms with Crippen molar-refractivity contribution in [1.82, 2.24) is 0 Å². The van der Waals surface area contributed by atoms with E-state index in [0.717, 1.165) is 24.0 Å². The van der Waals surface area contributed by atoms with E-state index in [1.165, 1.54) is 0 Å². The van der Waals surface area contributed by atoms with Gasteiger partial charge < -0.3 is 20.4 Å². The Morgan fingerprint density at radius 3 is 1.27 bits per heavy atom. The molecule has 0 radical (unpaired) electrons. The summed E-state index contributed by atoms with van der Waals surface area (Å²) in [4.78, 5) is 48.2. The molecule has 6 aliphatic rings. The monoisotopic (exact) mass is 720 g/mol. The van der Waals surface area contributed by atoms with Crippen LogP contribution in [0.2, 0.25) is 0 Å². The molecule has 2 aromatic rings. The van der Waals surface area contributed by atoms with Crippen molar-refractivity contribution >= 4 is 11.6 Å². The first kappa shape index (κ1) is 37.9. The number of benzene rings is 2. The number of ketones is 2. The number of carbonyl (C=O) groups is 2. The molecule has 0 heterocycles. The van der Waals surface area contributed by atoms with Gasteiger partial charge >= 0.3 is 5.09 Å². The van der Waals surface area contributed by atoms with Crippen molar-refractivity contribution < 1.29 is 44.8 Å². The highest BCUT2D eigenvalue weighted by atomic mass is 17.0. The molecule has 0 unspecified atom stereocenters. The predicted octanol–water partition coefficient (Wildman–Crippen LogP) is 8.40. The summed E-state index contributed by atoms with van der Waals surface area (Å²) in [5.74, 6) is 0.723. The van der Waals surface area contributed by atoms with E-state index >= 15 is 0 Å². The van der Waals surface area contributed by atoms with Crippen LogP contribution in [0.5, 0.6) is 23.0 Å². The van der Waals surface area contributed by atoms with Crippen LogP contribution in [0.25, 0.3) is 0 Å². The van der Waals surface area contributed by atoms with Crippen LogP contribution in [-0.4, -0.2) is 50.3 Å². The highest BCUT2D eigenvalue weighted by Gasteiger charge is 2.60. The quantitative estimate of drug-likeness (QED) is 0.111. The van der Waals surface area contributed by atoms with Crippen molar-refractivity contribution in [3.05, 3.63) is 51.4 Å². The van der Waals surface area contributed by atoms with E-state index in [4.69, 9.17) is 9.68 Å². The first-order valence-electron chi connectivity index (χ1n) is 19.1. The zero-order chi connectivity index (χ0) is 38.1. The number of phenols is 4. The predicted molar refractivity (Wildman–Crippen MR) is 195 cm³/mol. The number of fused-ring (bicyclic) bond motifs is 4. The maximum atomic E-state index is 12.7. The average molecular weight is 721 g/mol. The molecule has 10 heteroatoms. The molecular weight excluding hydrogens is 662 g/mol. The summed E-state index contributed by atoms with van der Waals surface area (Å²) in [6.45, 7) is 16.7. The van der Waals surface area contributed by atoms with E-state index < -0.39 is 10.8 Å². The van der Waals surface area contributed by atoms with Gasteiger partial charge in [0.2, 0.25) is 0 Å². The van der Waals surface area contributed by atoms with Gasteiger partial charge in [-0.25, -0.2) is 0 Å². The second kappa shape index (κ2) is 13.2. The second-order valence-corrected chi connectivity index (χ2v) is 18.7. The van der Waals surface area contributed by atoms with Crippen LogP contribution in [0.4, 0.5) is 0 Å². The summed E-state index contributed by atoms with van der Waals surface area (Å²) < 4.78 is 0. The van der Waals surface area contributed by atoms with Crippen LogP contribution >= 0.6 is 0 Å². The molecule has 0 aromatic heterocycles. The van der Waals surface area contributed by atoms with Gasteiger partial charge in [0.15, 0.2) is 13.2 Å². The minimum absolute atomic E-state index is 0.0173. The van der Waals surface area contributed by atoms with E-state index in [0.29, 0.717) is 49.7 Å². The highest BCUT2D eigenvalue weighted by molar-refractivity contribution is 5.87. The van der Waals surface area contributed by atoms with Crippen LogP contribution in [0.3, 0.4) is 0 Å². The number of hydrogen-bond donors (Lipinski definition) is 4. The summed E-state index contributed by atoms with van der Waals surface area (Å²) in [7, 11) is 0. The average Bonchev–Trinajstić information content (AvgIpc) is 3.03. The Kier molecular flexibility index (Phi) is 9.65. The highest BCUT2D eigenvalue weighted by Crippen LogP contribution is 2.65.